The summed E-state index contributed by atoms with van der Waals surface area (Å²) >= 11 is 0. The number of nitrogens with one attached hydrogen (secondary N) is 1. The zero-order valence-corrected chi connectivity index (χ0v) is 10.5. The second kappa shape index (κ2) is 3.94. The smallest absolute Gasteiger partial charge is 0.226 e. The predicted octanol–water partition coefficient (Wildman–Crippen LogP) is 0.444. The Morgan fingerprint density at radius 2 is 2.16 bits per heavy atom. The normalized spacial score (nSPS) is 19.5. The number of hydrogen-bond acceptors (Lipinski definition) is 4. The summed E-state index contributed by atoms with van der Waals surface area (Å²) < 4.78 is 1.81. The SMILES string of the molecule is O=C(NC1CC1)C1CN(c2nccn3nccc23)C1. The lowest BCUT2D eigenvalue weighted by Gasteiger charge is -2.39. The number of hydrogen-bond donors (Lipinski definition) is 1. The first-order valence-corrected chi connectivity index (χ1v) is 6.65. The van der Waals surface area contributed by atoms with E-state index in [9.17, 15) is 4.79 Å². The van der Waals surface area contributed by atoms with Gasteiger partial charge in [-0.3, -0.25) is 4.79 Å². The van der Waals surface area contributed by atoms with E-state index in [1.54, 1.807) is 16.9 Å². The van der Waals surface area contributed by atoms with Gasteiger partial charge in [0.05, 0.1) is 12.1 Å². The Hall–Kier alpha value is -2.11. The molecule has 6 heteroatoms. The minimum absolute atomic E-state index is 0.102. The first kappa shape index (κ1) is 10.8. The largest absolute Gasteiger partial charge is 0.353 e. The third kappa shape index (κ3) is 1.83. The van der Waals surface area contributed by atoms with Gasteiger partial charge in [0.1, 0.15) is 5.52 Å². The van der Waals surface area contributed by atoms with Crippen LogP contribution in [-0.2, 0) is 4.79 Å². The van der Waals surface area contributed by atoms with Gasteiger partial charge in [-0.05, 0) is 18.9 Å². The maximum Gasteiger partial charge on any atom is 0.226 e. The fraction of sp³-hybridized carbons (Fsp3) is 0.462. The molecule has 6 nitrogen and oxygen atoms in total. The molecular formula is C13H15N5O. The van der Waals surface area contributed by atoms with Crippen molar-refractivity contribution in [1.82, 2.24) is 19.9 Å². The van der Waals surface area contributed by atoms with E-state index >= 15 is 0 Å². The second-order valence-corrected chi connectivity index (χ2v) is 5.30. The van der Waals surface area contributed by atoms with Gasteiger partial charge in [0.2, 0.25) is 5.91 Å². The van der Waals surface area contributed by atoms with Crippen LogP contribution in [-0.4, -0.2) is 39.6 Å². The maximum atomic E-state index is 11.9. The van der Waals surface area contributed by atoms with Gasteiger partial charge in [-0.2, -0.15) is 5.10 Å². The predicted molar refractivity (Wildman–Crippen MR) is 69.9 cm³/mol. The van der Waals surface area contributed by atoms with Crippen molar-refractivity contribution in [3.8, 4) is 0 Å². The van der Waals surface area contributed by atoms with Crippen molar-refractivity contribution in [2.45, 2.75) is 18.9 Å². The average molecular weight is 257 g/mol. The van der Waals surface area contributed by atoms with E-state index in [4.69, 9.17) is 0 Å². The summed E-state index contributed by atoms with van der Waals surface area (Å²) in [6, 6.07) is 2.39. The molecule has 98 valence electrons. The van der Waals surface area contributed by atoms with E-state index < -0.39 is 0 Å². The fourth-order valence-corrected chi connectivity index (χ4v) is 2.45. The molecule has 3 heterocycles. The van der Waals surface area contributed by atoms with Crippen LogP contribution in [0, 0.1) is 5.92 Å². The van der Waals surface area contributed by atoms with Gasteiger partial charge in [-0.25, -0.2) is 9.50 Å². The fourth-order valence-electron chi connectivity index (χ4n) is 2.45. The molecule has 2 fully saturated rings. The molecule has 1 aliphatic carbocycles. The average Bonchev–Trinajstić information content (AvgIpc) is 3.02. The Morgan fingerprint density at radius 3 is 2.95 bits per heavy atom. The monoisotopic (exact) mass is 257 g/mol. The molecule has 19 heavy (non-hydrogen) atoms. The van der Waals surface area contributed by atoms with Crippen LogP contribution in [0.3, 0.4) is 0 Å². The molecule has 2 aliphatic rings. The molecule has 1 saturated carbocycles. The summed E-state index contributed by atoms with van der Waals surface area (Å²) in [7, 11) is 0. The van der Waals surface area contributed by atoms with Crippen molar-refractivity contribution >= 4 is 17.2 Å². The number of carbonyl (C=O) groups is 1. The molecule has 0 atom stereocenters. The van der Waals surface area contributed by atoms with Crippen LogP contribution in [0.1, 0.15) is 12.8 Å². The van der Waals surface area contributed by atoms with Crippen molar-refractivity contribution in [2.75, 3.05) is 18.0 Å². The summed E-state index contributed by atoms with van der Waals surface area (Å²) in [5, 5.41) is 7.25. The molecule has 0 unspecified atom stereocenters. The highest BCUT2D eigenvalue weighted by molar-refractivity contribution is 5.83. The zero-order valence-electron chi connectivity index (χ0n) is 10.5. The molecule has 0 radical (unpaired) electrons. The molecular weight excluding hydrogens is 242 g/mol. The first-order chi connectivity index (χ1) is 9.31. The van der Waals surface area contributed by atoms with E-state index in [2.05, 4.69) is 20.3 Å². The Labute approximate surface area is 110 Å². The molecule has 1 saturated heterocycles. The van der Waals surface area contributed by atoms with Gasteiger partial charge in [-0.15, -0.1) is 0 Å². The van der Waals surface area contributed by atoms with Gasteiger partial charge in [0.25, 0.3) is 0 Å². The lowest BCUT2D eigenvalue weighted by atomic mass is 9.99. The minimum Gasteiger partial charge on any atom is -0.353 e. The molecule has 1 amide bonds. The lowest BCUT2D eigenvalue weighted by Crippen LogP contribution is -2.54. The number of rotatable bonds is 3. The molecule has 0 bridgehead atoms. The van der Waals surface area contributed by atoms with E-state index in [0.717, 1.165) is 37.3 Å². The van der Waals surface area contributed by atoms with Crippen molar-refractivity contribution in [2.24, 2.45) is 5.92 Å². The Kier molecular flexibility index (Phi) is 2.24. The zero-order chi connectivity index (χ0) is 12.8. The summed E-state index contributed by atoms with van der Waals surface area (Å²) in [5.41, 5.74) is 0.989. The standard InChI is InChI=1S/C13H15N5O/c19-13(16-10-1-2-10)9-7-17(8-9)12-11-3-4-15-18(11)6-5-14-12/h3-6,9-10H,1-2,7-8H2,(H,16,19). The third-order valence-electron chi connectivity index (χ3n) is 3.78. The van der Waals surface area contributed by atoms with Gasteiger partial charge < -0.3 is 10.2 Å². The van der Waals surface area contributed by atoms with Crippen LogP contribution in [0.4, 0.5) is 5.82 Å². The van der Waals surface area contributed by atoms with Crippen LogP contribution in [0.5, 0.6) is 0 Å². The van der Waals surface area contributed by atoms with Crippen LogP contribution in [0.15, 0.2) is 24.7 Å². The molecule has 2 aromatic rings. The topological polar surface area (TPSA) is 62.5 Å². The highest BCUT2D eigenvalue weighted by Crippen LogP contribution is 2.27. The maximum absolute atomic E-state index is 11.9. The third-order valence-corrected chi connectivity index (χ3v) is 3.78. The van der Waals surface area contributed by atoms with Crippen molar-refractivity contribution < 1.29 is 4.79 Å². The van der Waals surface area contributed by atoms with Crippen LogP contribution in [0.2, 0.25) is 0 Å². The van der Waals surface area contributed by atoms with Crippen molar-refractivity contribution in [1.29, 1.82) is 0 Å². The number of aromatic nitrogens is 3. The first-order valence-electron chi connectivity index (χ1n) is 6.65. The highest BCUT2D eigenvalue weighted by atomic mass is 16.2. The summed E-state index contributed by atoms with van der Waals surface area (Å²) in [6.07, 6.45) is 7.61. The van der Waals surface area contributed by atoms with E-state index in [-0.39, 0.29) is 11.8 Å². The van der Waals surface area contributed by atoms with Gasteiger partial charge in [0.15, 0.2) is 5.82 Å². The summed E-state index contributed by atoms with van der Waals surface area (Å²) in [4.78, 5) is 18.4. The number of nitrogens with zero attached hydrogens (tertiary/aromatic N) is 4. The van der Waals surface area contributed by atoms with Gasteiger partial charge >= 0.3 is 0 Å². The Balaban J connectivity index is 1.47. The number of amides is 1. The van der Waals surface area contributed by atoms with Gasteiger partial charge in [-0.1, -0.05) is 0 Å². The van der Waals surface area contributed by atoms with E-state index in [1.165, 1.54) is 0 Å². The number of fused-ring (bicyclic) bond motifs is 1. The van der Waals surface area contributed by atoms with Crippen molar-refractivity contribution in [3.63, 3.8) is 0 Å². The summed E-state index contributed by atoms with van der Waals surface area (Å²) in [6.45, 7) is 1.49. The number of anilines is 1. The van der Waals surface area contributed by atoms with E-state index in [1.807, 2.05) is 12.3 Å². The number of carbonyl (C=O) groups excluding carboxylic acids is 1. The second-order valence-electron chi connectivity index (χ2n) is 5.30. The Morgan fingerprint density at radius 1 is 1.32 bits per heavy atom. The van der Waals surface area contributed by atoms with E-state index in [0.29, 0.717) is 6.04 Å². The minimum atomic E-state index is 0.102. The van der Waals surface area contributed by atoms with Crippen LogP contribution < -0.4 is 10.2 Å². The molecule has 2 aromatic heterocycles. The quantitative estimate of drug-likeness (QED) is 0.867. The molecule has 1 aliphatic heterocycles. The molecule has 0 aromatic carbocycles. The van der Waals surface area contributed by atoms with Gasteiger partial charge in [0, 0.05) is 31.5 Å². The van der Waals surface area contributed by atoms with Crippen LogP contribution in [0.25, 0.3) is 5.52 Å². The lowest BCUT2D eigenvalue weighted by molar-refractivity contribution is -0.125. The Bertz CT molecular complexity index is 627. The summed E-state index contributed by atoms with van der Waals surface area (Å²) in [5.74, 6) is 1.21. The van der Waals surface area contributed by atoms with Crippen molar-refractivity contribution in [3.05, 3.63) is 24.7 Å². The molecule has 1 N–H and O–H groups in total. The molecule has 4 rings (SSSR count). The highest BCUT2D eigenvalue weighted by Gasteiger charge is 2.36. The molecule has 0 spiro atoms. The van der Waals surface area contributed by atoms with Crippen LogP contribution >= 0.6 is 0 Å².